The molecule has 0 rings (SSSR count). The van der Waals surface area contributed by atoms with Crippen LogP contribution >= 0.6 is 0 Å². The Morgan fingerprint density at radius 2 is 1.23 bits per heavy atom. The molecule has 1 unspecified atom stereocenters. The van der Waals surface area contributed by atoms with E-state index in [0.29, 0.717) is 12.8 Å². The molecule has 1 amide bonds. The first-order valence-corrected chi connectivity index (χ1v) is 16.5. The summed E-state index contributed by atoms with van der Waals surface area (Å²) in [6.07, 6.45) is 33.1. The molecule has 0 radical (unpaired) electrons. The number of hydrogen-bond donors (Lipinski definition) is 2. The fourth-order valence-electron chi connectivity index (χ4n) is 4.64. The molecular weight excluding hydrogens is 502 g/mol. The number of carbonyl (C=O) groups excluding carboxylic acids is 2. The van der Waals surface area contributed by atoms with Gasteiger partial charge in [-0.1, -0.05) is 122 Å². The number of nitrogens with one attached hydrogen (secondary N) is 1. The molecule has 0 aromatic rings. The van der Waals surface area contributed by atoms with Gasteiger partial charge in [0.2, 0.25) is 5.91 Å². The number of rotatable bonds is 29. The molecule has 2 N–H and O–H groups in total. The number of ether oxygens (including phenoxy) is 1. The Balaban J connectivity index is 4.24. The predicted octanol–water partition coefficient (Wildman–Crippen LogP) is 9.22. The second kappa shape index (κ2) is 29.9. The Bertz CT molecular complexity index is 673. The summed E-state index contributed by atoms with van der Waals surface area (Å²) in [5.74, 6) is -1.29. The molecule has 0 aromatic heterocycles. The van der Waals surface area contributed by atoms with Crippen molar-refractivity contribution in [2.24, 2.45) is 0 Å². The van der Waals surface area contributed by atoms with Crippen LogP contribution in [0, 0.1) is 0 Å². The van der Waals surface area contributed by atoms with Crippen molar-refractivity contribution < 1.29 is 24.2 Å². The molecule has 0 saturated heterocycles. The third-order valence-corrected chi connectivity index (χ3v) is 7.11. The molecule has 232 valence electrons. The lowest BCUT2D eigenvalue weighted by molar-refractivity contribution is -0.147. The standard InChI is InChI=1S/C34H61NO5/c1-3-5-7-9-11-13-15-21-25-29-34(39)40-31(26-22-18-14-12-10-8-6-4-2)27-23-19-16-17-20-24-28-32(36)35-30-33(37)38/h12,14,22,26,31H,3-11,13,15-21,23-25,27-30H2,1-2H3,(H,35,36)(H,37,38)/b14-12-,26-22-. The Morgan fingerprint density at radius 3 is 1.85 bits per heavy atom. The predicted molar refractivity (Wildman–Crippen MR) is 166 cm³/mol. The molecule has 6 heteroatoms. The van der Waals surface area contributed by atoms with E-state index in [1.165, 1.54) is 64.2 Å². The van der Waals surface area contributed by atoms with Crippen molar-refractivity contribution in [2.45, 2.75) is 168 Å². The minimum atomic E-state index is -1.02. The van der Waals surface area contributed by atoms with Gasteiger partial charge in [0.25, 0.3) is 0 Å². The second-order valence-corrected chi connectivity index (χ2v) is 11.1. The Kier molecular flexibility index (Phi) is 28.3. The largest absolute Gasteiger partial charge is 0.480 e. The van der Waals surface area contributed by atoms with Gasteiger partial charge in [0.05, 0.1) is 0 Å². The van der Waals surface area contributed by atoms with E-state index in [1.807, 2.05) is 0 Å². The van der Waals surface area contributed by atoms with Crippen molar-refractivity contribution in [1.29, 1.82) is 0 Å². The van der Waals surface area contributed by atoms with Crippen LogP contribution in [0.5, 0.6) is 0 Å². The van der Waals surface area contributed by atoms with Crippen molar-refractivity contribution in [3.8, 4) is 0 Å². The summed E-state index contributed by atoms with van der Waals surface area (Å²) in [7, 11) is 0. The average Bonchev–Trinajstić information content (AvgIpc) is 2.93. The van der Waals surface area contributed by atoms with E-state index >= 15 is 0 Å². The molecule has 0 aliphatic carbocycles. The molecule has 40 heavy (non-hydrogen) atoms. The summed E-state index contributed by atoms with van der Waals surface area (Å²) in [5.41, 5.74) is 0. The summed E-state index contributed by atoms with van der Waals surface area (Å²) in [6, 6.07) is 0. The van der Waals surface area contributed by atoms with Crippen LogP contribution < -0.4 is 5.32 Å². The maximum atomic E-state index is 12.5. The minimum Gasteiger partial charge on any atom is -0.480 e. The van der Waals surface area contributed by atoms with Gasteiger partial charge in [-0.3, -0.25) is 14.4 Å². The van der Waals surface area contributed by atoms with E-state index in [2.05, 4.69) is 43.5 Å². The fraction of sp³-hybridized carbons (Fsp3) is 0.794. The molecule has 1 atom stereocenters. The van der Waals surface area contributed by atoms with Gasteiger partial charge in [-0.15, -0.1) is 0 Å². The van der Waals surface area contributed by atoms with Crippen molar-refractivity contribution in [3.05, 3.63) is 24.3 Å². The van der Waals surface area contributed by atoms with Crippen molar-refractivity contribution in [3.63, 3.8) is 0 Å². The van der Waals surface area contributed by atoms with Gasteiger partial charge in [-0.2, -0.15) is 0 Å². The number of carbonyl (C=O) groups is 3. The minimum absolute atomic E-state index is 0.0751. The number of aliphatic carboxylic acids is 1. The number of esters is 1. The van der Waals surface area contributed by atoms with Crippen molar-refractivity contribution in [1.82, 2.24) is 5.32 Å². The highest BCUT2D eigenvalue weighted by Crippen LogP contribution is 2.15. The van der Waals surface area contributed by atoms with Crippen LogP contribution in [0.3, 0.4) is 0 Å². The molecule has 0 saturated carbocycles. The molecule has 6 nitrogen and oxygen atoms in total. The summed E-state index contributed by atoms with van der Waals surface area (Å²) in [4.78, 5) is 34.6. The first kappa shape index (κ1) is 37.9. The number of amides is 1. The van der Waals surface area contributed by atoms with Gasteiger partial charge in [0.1, 0.15) is 12.6 Å². The maximum Gasteiger partial charge on any atom is 0.322 e. The lowest BCUT2D eigenvalue weighted by atomic mass is 10.1. The monoisotopic (exact) mass is 563 g/mol. The van der Waals surface area contributed by atoms with Crippen LogP contribution in [-0.4, -0.2) is 35.6 Å². The van der Waals surface area contributed by atoms with Gasteiger partial charge in [0.15, 0.2) is 0 Å². The third-order valence-electron chi connectivity index (χ3n) is 7.11. The summed E-state index contributed by atoms with van der Waals surface area (Å²) in [6.45, 7) is 4.15. The molecule has 0 heterocycles. The molecule has 0 aromatic carbocycles. The molecule has 0 fully saturated rings. The SMILES string of the molecule is CCCCC/C=C\C/C=C\C(CCCCCCCCC(=O)NCC(=O)O)OC(=O)CCCCCCCCCCC. The van der Waals surface area contributed by atoms with E-state index < -0.39 is 5.97 Å². The van der Waals surface area contributed by atoms with Gasteiger partial charge < -0.3 is 15.2 Å². The molecular formula is C34H61NO5. The number of carboxylic acid groups (broad SMARTS) is 1. The van der Waals surface area contributed by atoms with E-state index in [1.54, 1.807) is 0 Å². The van der Waals surface area contributed by atoms with Crippen LogP contribution in [0.15, 0.2) is 24.3 Å². The van der Waals surface area contributed by atoms with Crippen molar-refractivity contribution in [2.75, 3.05) is 6.54 Å². The van der Waals surface area contributed by atoms with Gasteiger partial charge in [-0.05, 0) is 51.0 Å². The van der Waals surface area contributed by atoms with E-state index in [4.69, 9.17) is 9.84 Å². The summed E-state index contributed by atoms with van der Waals surface area (Å²) >= 11 is 0. The lowest BCUT2D eigenvalue weighted by Crippen LogP contribution is -2.28. The van der Waals surface area contributed by atoms with Crippen LogP contribution in [-0.2, 0) is 19.1 Å². The lowest BCUT2D eigenvalue weighted by Gasteiger charge is -2.14. The molecule has 0 aliphatic heterocycles. The van der Waals surface area contributed by atoms with Crippen molar-refractivity contribution >= 4 is 17.8 Å². The highest BCUT2D eigenvalue weighted by molar-refractivity contribution is 5.80. The number of hydrogen-bond acceptors (Lipinski definition) is 4. The topological polar surface area (TPSA) is 92.7 Å². The van der Waals surface area contributed by atoms with Crippen LogP contribution in [0.2, 0.25) is 0 Å². The normalized spacial score (nSPS) is 12.2. The highest BCUT2D eigenvalue weighted by atomic mass is 16.5. The quantitative estimate of drug-likeness (QED) is 0.0537. The third kappa shape index (κ3) is 28.9. The number of allylic oxidation sites excluding steroid dienone is 3. The maximum absolute atomic E-state index is 12.5. The van der Waals surface area contributed by atoms with Crippen LogP contribution in [0.1, 0.15) is 162 Å². The highest BCUT2D eigenvalue weighted by Gasteiger charge is 2.11. The second-order valence-electron chi connectivity index (χ2n) is 11.1. The smallest absolute Gasteiger partial charge is 0.322 e. The van der Waals surface area contributed by atoms with Gasteiger partial charge in [-0.25, -0.2) is 0 Å². The van der Waals surface area contributed by atoms with Crippen LogP contribution in [0.4, 0.5) is 0 Å². The number of carboxylic acids is 1. The molecule has 0 bridgehead atoms. The van der Waals surface area contributed by atoms with E-state index in [-0.39, 0.29) is 24.5 Å². The zero-order chi connectivity index (χ0) is 29.5. The summed E-state index contributed by atoms with van der Waals surface area (Å²) in [5, 5.41) is 11.0. The Labute approximate surface area is 245 Å². The van der Waals surface area contributed by atoms with Gasteiger partial charge >= 0.3 is 11.9 Å². The summed E-state index contributed by atoms with van der Waals surface area (Å²) < 4.78 is 5.86. The average molecular weight is 564 g/mol. The fourth-order valence-corrected chi connectivity index (χ4v) is 4.64. The zero-order valence-electron chi connectivity index (χ0n) is 25.9. The number of unbranched alkanes of at least 4 members (excludes halogenated alkanes) is 16. The first-order valence-electron chi connectivity index (χ1n) is 16.5. The zero-order valence-corrected chi connectivity index (χ0v) is 25.9. The Hall–Kier alpha value is -2.11. The first-order chi connectivity index (χ1) is 19.5. The van der Waals surface area contributed by atoms with E-state index in [0.717, 1.165) is 70.6 Å². The van der Waals surface area contributed by atoms with Crippen LogP contribution in [0.25, 0.3) is 0 Å². The molecule has 0 spiro atoms. The molecule has 0 aliphatic rings. The Morgan fingerprint density at radius 1 is 0.675 bits per heavy atom. The van der Waals surface area contributed by atoms with Gasteiger partial charge in [0, 0.05) is 12.8 Å². The van der Waals surface area contributed by atoms with E-state index in [9.17, 15) is 14.4 Å².